The van der Waals surface area contributed by atoms with Crippen LogP contribution in [0.15, 0.2) is 6.07 Å². The standard InChI is InChI=1S/C14H24N2O2S/c1-4-9-19(17,18)15-8-7-13-10-11(2)16(12(13)3)14-5-6-14/h10,14-15H,4-9H2,1-3H3. The van der Waals surface area contributed by atoms with Gasteiger partial charge in [0, 0.05) is 24.0 Å². The molecule has 5 heteroatoms. The van der Waals surface area contributed by atoms with Crippen LogP contribution in [0.4, 0.5) is 0 Å². The summed E-state index contributed by atoms with van der Waals surface area (Å²) in [7, 11) is -3.08. The Balaban J connectivity index is 1.95. The lowest BCUT2D eigenvalue weighted by Crippen LogP contribution is -2.28. The zero-order valence-corrected chi connectivity index (χ0v) is 12.9. The average molecular weight is 284 g/mol. The molecule has 1 N–H and O–H groups in total. The van der Waals surface area contributed by atoms with Crippen molar-refractivity contribution in [1.82, 2.24) is 9.29 Å². The largest absolute Gasteiger partial charge is 0.346 e. The van der Waals surface area contributed by atoms with Gasteiger partial charge in [-0.3, -0.25) is 0 Å². The van der Waals surface area contributed by atoms with Crippen molar-refractivity contribution in [2.75, 3.05) is 12.3 Å². The lowest BCUT2D eigenvalue weighted by Gasteiger charge is -2.08. The van der Waals surface area contributed by atoms with Gasteiger partial charge in [-0.1, -0.05) is 6.92 Å². The van der Waals surface area contributed by atoms with Crippen LogP contribution < -0.4 is 4.72 Å². The first-order valence-electron chi connectivity index (χ1n) is 7.09. The molecule has 0 spiro atoms. The van der Waals surface area contributed by atoms with Gasteiger partial charge in [0.1, 0.15) is 0 Å². The minimum atomic E-state index is -3.08. The highest BCUT2D eigenvalue weighted by atomic mass is 32.2. The molecule has 0 aliphatic heterocycles. The number of aromatic nitrogens is 1. The molecule has 19 heavy (non-hydrogen) atoms. The Morgan fingerprint density at radius 3 is 2.63 bits per heavy atom. The van der Waals surface area contributed by atoms with E-state index in [0.29, 0.717) is 19.0 Å². The molecule has 1 aliphatic carbocycles. The Bertz CT molecular complexity index is 542. The quantitative estimate of drug-likeness (QED) is 0.835. The molecular formula is C14H24N2O2S. The molecule has 4 nitrogen and oxygen atoms in total. The molecule has 0 atom stereocenters. The molecule has 1 aromatic rings. The van der Waals surface area contributed by atoms with E-state index in [9.17, 15) is 8.42 Å². The summed E-state index contributed by atoms with van der Waals surface area (Å²) < 4.78 is 28.2. The molecule has 0 amide bonds. The van der Waals surface area contributed by atoms with E-state index in [1.54, 1.807) is 0 Å². The normalized spacial score (nSPS) is 15.9. The minimum Gasteiger partial charge on any atom is -0.346 e. The predicted octanol–water partition coefficient (Wildman–Crippen LogP) is 2.31. The van der Waals surface area contributed by atoms with E-state index in [0.717, 1.165) is 6.42 Å². The van der Waals surface area contributed by atoms with Gasteiger partial charge >= 0.3 is 0 Å². The van der Waals surface area contributed by atoms with Crippen LogP contribution in [-0.4, -0.2) is 25.3 Å². The summed E-state index contributed by atoms with van der Waals surface area (Å²) in [5.41, 5.74) is 3.87. The van der Waals surface area contributed by atoms with Crippen molar-refractivity contribution < 1.29 is 8.42 Å². The Labute approximate surface area is 116 Å². The molecule has 0 unspecified atom stereocenters. The number of sulfonamides is 1. The maximum Gasteiger partial charge on any atom is 0.211 e. The monoisotopic (exact) mass is 284 g/mol. The fourth-order valence-corrected chi connectivity index (χ4v) is 3.77. The fourth-order valence-electron chi connectivity index (χ4n) is 2.68. The maximum absolute atomic E-state index is 11.6. The van der Waals surface area contributed by atoms with Crippen molar-refractivity contribution in [1.29, 1.82) is 0 Å². The Morgan fingerprint density at radius 2 is 2.05 bits per heavy atom. The fraction of sp³-hybridized carbons (Fsp3) is 0.714. The van der Waals surface area contributed by atoms with Crippen LogP contribution in [0.3, 0.4) is 0 Å². The van der Waals surface area contributed by atoms with Crippen LogP contribution in [0, 0.1) is 13.8 Å². The van der Waals surface area contributed by atoms with Crippen molar-refractivity contribution in [3.8, 4) is 0 Å². The molecule has 108 valence electrons. The van der Waals surface area contributed by atoms with Crippen molar-refractivity contribution >= 4 is 10.0 Å². The van der Waals surface area contributed by atoms with E-state index in [1.807, 2.05) is 6.92 Å². The van der Waals surface area contributed by atoms with E-state index in [1.165, 1.54) is 29.8 Å². The summed E-state index contributed by atoms with van der Waals surface area (Å²) in [4.78, 5) is 0. The molecule has 2 rings (SSSR count). The van der Waals surface area contributed by atoms with Crippen LogP contribution in [0.25, 0.3) is 0 Å². The molecule has 1 aliphatic rings. The number of hydrogen-bond acceptors (Lipinski definition) is 2. The van der Waals surface area contributed by atoms with Crippen molar-refractivity contribution in [2.24, 2.45) is 0 Å². The third-order valence-corrected chi connectivity index (χ3v) is 5.28. The highest BCUT2D eigenvalue weighted by Crippen LogP contribution is 2.38. The van der Waals surface area contributed by atoms with Gasteiger partial charge in [-0.05, 0) is 51.2 Å². The molecule has 0 radical (unpaired) electrons. The first-order valence-corrected chi connectivity index (χ1v) is 8.74. The second kappa shape index (κ2) is 5.67. The van der Waals surface area contributed by atoms with Crippen LogP contribution in [0.2, 0.25) is 0 Å². The van der Waals surface area contributed by atoms with Gasteiger partial charge in [-0.2, -0.15) is 0 Å². The molecule has 0 bridgehead atoms. The third-order valence-electron chi connectivity index (χ3n) is 3.69. The number of aryl methyl sites for hydroxylation is 1. The highest BCUT2D eigenvalue weighted by molar-refractivity contribution is 7.89. The smallest absolute Gasteiger partial charge is 0.211 e. The van der Waals surface area contributed by atoms with Gasteiger partial charge in [-0.15, -0.1) is 0 Å². The van der Waals surface area contributed by atoms with E-state index < -0.39 is 10.0 Å². The van der Waals surface area contributed by atoms with Gasteiger partial charge in [0.25, 0.3) is 0 Å². The first kappa shape index (κ1) is 14.6. The lowest BCUT2D eigenvalue weighted by atomic mass is 10.2. The highest BCUT2D eigenvalue weighted by Gasteiger charge is 2.26. The summed E-state index contributed by atoms with van der Waals surface area (Å²) in [6, 6.07) is 2.88. The zero-order valence-electron chi connectivity index (χ0n) is 12.1. The Morgan fingerprint density at radius 1 is 1.37 bits per heavy atom. The summed E-state index contributed by atoms with van der Waals surface area (Å²) in [5, 5.41) is 0. The van der Waals surface area contributed by atoms with Crippen LogP contribution in [0.1, 0.15) is 49.2 Å². The van der Waals surface area contributed by atoms with E-state index in [4.69, 9.17) is 0 Å². The van der Waals surface area contributed by atoms with Crippen LogP contribution in [-0.2, 0) is 16.4 Å². The third kappa shape index (κ3) is 3.60. The van der Waals surface area contributed by atoms with E-state index in [-0.39, 0.29) is 5.75 Å². The Hall–Kier alpha value is -0.810. The summed E-state index contributed by atoms with van der Waals surface area (Å²) >= 11 is 0. The van der Waals surface area contributed by atoms with Gasteiger partial charge in [-0.25, -0.2) is 13.1 Å². The predicted molar refractivity (Wildman–Crippen MR) is 78.0 cm³/mol. The summed E-state index contributed by atoms with van der Waals surface area (Å²) in [6.07, 6.45) is 3.98. The SMILES string of the molecule is CCCS(=O)(=O)NCCc1cc(C)n(C2CC2)c1C. The number of nitrogens with one attached hydrogen (secondary N) is 1. The second-order valence-corrected chi connectivity index (χ2v) is 7.39. The van der Waals surface area contributed by atoms with Gasteiger partial charge in [0.15, 0.2) is 0 Å². The molecule has 1 heterocycles. The number of rotatable bonds is 7. The maximum atomic E-state index is 11.6. The van der Waals surface area contributed by atoms with E-state index in [2.05, 4.69) is 29.2 Å². The van der Waals surface area contributed by atoms with Crippen molar-refractivity contribution in [3.05, 3.63) is 23.0 Å². The first-order chi connectivity index (χ1) is 8.94. The molecular weight excluding hydrogens is 260 g/mol. The minimum absolute atomic E-state index is 0.216. The van der Waals surface area contributed by atoms with Gasteiger partial charge < -0.3 is 4.57 Å². The molecule has 1 saturated carbocycles. The summed E-state index contributed by atoms with van der Waals surface area (Å²) in [5.74, 6) is 0.216. The second-order valence-electron chi connectivity index (χ2n) is 5.46. The van der Waals surface area contributed by atoms with Crippen LogP contribution in [0.5, 0.6) is 0 Å². The van der Waals surface area contributed by atoms with Gasteiger partial charge in [0.05, 0.1) is 5.75 Å². The lowest BCUT2D eigenvalue weighted by molar-refractivity contribution is 0.580. The average Bonchev–Trinajstić information content (AvgIpc) is 3.08. The van der Waals surface area contributed by atoms with Crippen LogP contribution >= 0.6 is 0 Å². The van der Waals surface area contributed by atoms with E-state index >= 15 is 0 Å². The topological polar surface area (TPSA) is 51.1 Å². The summed E-state index contributed by atoms with van der Waals surface area (Å²) in [6.45, 7) is 6.65. The molecule has 0 saturated heterocycles. The van der Waals surface area contributed by atoms with Crippen molar-refractivity contribution in [3.63, 3.8) is 0 Å². The number of nitrogens with zero attached hydrogens (tertiary/aromatic N) is 1. The molecule has 1 fully saturated rings. The number of hydrogen-bond donors (Lipinski definition) is 1. The van der Waals surface area contributed by atoms with Gasteiger partial charge in [0.2, 0.25) is 10.0 Å². The molecule has 0 aromatic carbocycles. The Kier molecular flexibility index (Phi) is 4.36. The van der Waals surface area contributed by atoms with Crippen molar-refractivity contribution in [2.45, 2.75) is 52.5 Å². The zero-order chi connectivity index (χ0) is 14.0. The molecule has 1 aromatic heterocycles.